The van der Waals surface area contributed by atoms with Gasteiger partial charge in [-0.15, -0.1) is 0 Å². The summed E-state index contributed by atoms with van der Waals surface area (Å²) in [6.45, 7) is 2.81. The van der Waals surface area contributed by atoms with E-state index < -0.39 is 10.0 Å². The summed E-state index contributed by atoms with van der Waals surface area (Å²) in [5.74, 6) is 0.894. The van der Waals surface area contributed by atoms with E-state index in [1.54, 1.807) is 7.05 Å². The van der Waals surface area contributed by atoms with Gasteiger partial charge in [0.25, 0.3) is 5.91 Å². The van der Waals surface area contributed by atoms with Gasteiger partial charge in [0.05, 0.1) is 6.04 Å². The Bertz CT molecular complexity index is 987. The molecule has 3 rings (SSSR count). The SMILES string of the molecule is CNS(=O)(=O)c1cc(C(=O)NC(C)c2cc3c(cc2Br)OCCO3)n(C)c1. The molecule has 0 fully saturated rings. The van der Waals surface area contributed by atoms with E-state index in [2.05, 4.69) is 26.0 Å². The molecule has 0 bridgehead atoms. The molecule has 0 radical (unpaired) electrons. The van der Waals surface area contributed by atoms with Crippen LogP contribution in [0.5, 0.6) is 11.5 Å². The number of nitrogens with one attached hydrogen (secondary N) is 2. The Morgan fingerprint density at radius 3 is 2.48 bits per heavy atom. The third-order valence-corrected chi connectivity index (χ3v) is 6.34. The first-order valence-electron chi connectivity index (χ1n) is 8.22. The van der Waals surface area contributed by atoms with E-state index in [9.17, 15) is 13.2 Å². The van der Waals surface area contributed by atoms with Gasteiger partial charge in [-0.1, -0.05) is 15.9 Å². The minimum atomic E-state index is -3.62. The van der Waals surface area contributed by atoms with Crippen molar-refractivity contribution in [3.63, 3.8) is 0 Å². The van der Waals surface area contributed by atoms with Crippen molar-refractivity contribution in [2.75, 3.05) is 20.3 Å². The average Bonchev–Trinajstić information content (AvgIpc) is 3.03. The molecule has 1 aromatic carbocycles. The lowest BCUT2D eigenvalue weighted by Crippen LogP contribution is -2.28. The zero-order chi connectivity index (χ0) is 19.8. The fourth-order valence-corrected chi connectivity index (χ4v) is 4.25. The molecule has 0 saturated heterocycles. The van der Waals surface area contributed by atoms with Gasteiger partial charge in [0.2, 0.25) is 10.0 Å². The maximum Gasteiger partial charge on any atom is 0.268 e. The summed E-state index contributed by atoms with van der Waals surface area (Å²) in [5.41, 5.74) is 1.06. The Labute approximate surface area is 166 Å². The van der Waals surface area contributed by atoms with Crippen LogP contribution < -0.4 is 19.5 Å². The average molecular weight is 458 g/mol. The van der Waals surface area contributed by atoms with Gasteiger partial charge in [0.1, 0.15) is 23.8 Å². The molecule has 1 atom stereocenters. The van der Waals surface area contributed by atoms with Gasteiger partial charge in [-0.3, -0.25) is 4.79 Å². The molecule has 1 aliphatic heterocycles. The zero-order valence-corrected chi connectivity index (χ0v) is 17.5. The van der Waals surface area contributed by atoms with Gasteiger partial charge in [-0.2, -0.15) is 0 Å². The highest BCUT2D eigenvalue weighted by atomic mass is 79.9. The first-order chi connectivity index (χ1) is 12.7. The van der Waals surface area contributed by atoms with Crippen LogP contribution in [0.2, 0.25) is 0 Å². The Morgan fingerprint density at radius 1 is 1.22 bits per heavy atom. The molecular formula is C17H20BrN3O5S. The van der Waals surface area contributed by atoms with Crippen LogP contribution in [0.3, 0.4) is 0 Å². The number of carbonyl (C=O) groups excluding carboxylic acids is 1. The fraction of sp³-hybridized carbons (Fsp3) is 0.353. The Balaban J connectivity index is 1.83. The molecule has 27 heavy (non-hydrogen) atoms. The highest BCUT2D eigenvalue weighted by Gasteiger charge is 2.23. The lowest BCUT2D eigenvalue weighted by Gasteiger charge is -2.22. The Kier molecular flexibility index (Phi) is 5.50. The summed E-state index contributed by atoms with van der Waals surface area (Å²) in [6, 6.07) is 4.63. The minimum absolute atomic E-state index is 0.0332. The zero-order valence-electron chi connectivity index (χ0n) is 15.1. The van der Waals surface area contributed by atoms with E-state index in [4.69, 9.17) is 9.47 Å². The van der Waals surface area contributed by atoms with E-state index in [-0.39, 0.29) is 22.5 Å². The number of halogens is 1. The molecule has 1 aromatic heterocycles. The summed E-state index contributed by atoms with van der Waals surface area (Å²) in [6.07, 6.45) is 1.39. The van der Waals surface area contributed by atoms with Crippen molar-refractivity contribution >= 4 is 31.9 Å². The Hall–Kier alpha value is -2.04. The number of sulfonamides is 1. The van der Waals surface area contributed by atoms with Crippen LogP contribution in [0.4, 0.5) is 0 Å². The molecule has 1 unspecified atom stereocenters. The third-order valence-electron chi connectivity index (χ3n) is 4.27. The van der Waals surface area contributed by atoms with Crippen LogP contribution in [-0.4, -0.2) is 39.2 Å². The highest BCUT2D eigenvalue weighted by molar-refractivity contribution is 9.10. The topological polar surface area (TPSA) is 98.7 Å². The normalized spacial score (nSPS) is 14.7. The lowest BCUT2D eigenvalue weighted by molar-refractivity contribution is 0.0931. The third kappa shape index (κ3) is 3.97. The van der Waals surface area contributed by atoms with Gasteiger partial charge in [0, 0.05) is 17.7 Å². The quantitative estimate of drug-likeness (QED) is 0.714. The van der Waals surface area contributed by atoms with Crippen molar-refractivity contribution in [1.82, 2.24) is 14.6 Å². The molecule has 2 N–H and O–H groups in total. The predicted molar refractivity (Wildman–Crippen MR) is 103 cm³/mol. The number of ether oxygens (including phenoxy) is 2. The monoisotopic (exact) mass is 457 g/mol. The summed E-state index contributed by atoms with van der Waals surface area (Å²) >= 11 is 3.50. The predicted octanol–water partition coefficient (Wildman–Crippen LogP) is 1.96. The second-order valence-electron chi connectivity index (χ2n) is 6.09. The van der Waals surface area contributed by atoms with Crippen LogP contribution in [-0.2, 0) is 17.1 Å². The number of aryl methyl sites for hydroxylation is 1. The maximum absolute atomic E-state index is 12.7. The maximum atomic E-state index is 12.7. The molecule has 0 saturated carbocycles. The molecule has 8 nitrogen and oxygen atoms in total. The molecule has 1 aliphatic rings. The second kappa shape index (κ2) is 7.53. The molecule has 2 heterocycles. The number of nitrogens with zero attached hydrogens (tertiary/aromatic N) is 1. The number of hydrogen-bond donors (Lipinski definition) is 2. The first-order valence-corrected chi connectivity index (χ1v) is 10.5. The number of amides is 1. The summed E-state index contributed by atoms with van der Waals surface area (Å²) < 4.78 is 39.5. The van der Waals surface area contributed by atoms with Crippen LogP contribution in [0, 0.1) is 0 Å². The van der Waals surface area contributed by atoms with Crippen molar-refractivity contribution < 1.29 is 22.7 Å². The number of benzene rings is 1. The van der Waals surface area contributed by atoms with Crippen LogP contribution in [0.15, 0.2) is 33.8 Å². The molecule has 1 amide bonds. The van der Waals surface area contributed by atoms with Gasteiger partial charge in [-0.05, 0) is 37.7 Å². The number of rotatable bonds is 5. The van der Waals surface area contributed by atoms with Crippen LogP contribution in [0.1, 0.15) is 29.0 Å². The standard InChI is InChI=1S/C17H20BrN3O5S/c1-10(12-7-15-16(8-13(12)18)26-5-4-25-15)20-17(22)14-6-11(9-21(14)3)27(23,24)19-2/h6-10,19H,4-5H2,1-3H3,(H,20,22). The number of hydrogen-bond acceptors (Lipinski definition) is 5. The van der Waals surface area contributed by atoms with E-state index in [1.165, 1.54) is 23.9 Å². The molecule has 2 aromatic rings. The molecule has 0 spiro atoms. The number of carbonyl (C=O) groups is 1. The van der Waals surface area contributed by atoms with Gasteiger partial charge in [0.15, 0.2) is 11.5 Å². The summed E-state index contributed by atoms with van der Waals surface area (Å²) in [4.78, 5) is 12.7. The van der Waals surface area contributed by atoms with Crippen LogP contribution >= 0.6 is 15.9 Å². The smallest absolute Gasteiger partial charge is 0.268 e. The van der Waals surface area contributed by atoms with Crippen molar-refractivity contribution in [3.8, 4) is 11.5 Å². The second-order valence-corrected chi connectivity index (χ2v) is 8.83. The fourth-order valence-electron chi connectivity index (χ4n) is 2.78. The molecule has 10 heteroatoms. The van der Waals surface area contributed by atoms with Gasteiger partial charge in [-0.25, -0.2) is 13.1 Å². The lowest BCUT2D eigenvalue weighted by atomic mass is 10.1. The summed E-state index contributed by atoms with van der Waals surface area (Å²) in [5, 5.41) is 2.88. The van der Waals surface area contributed by atoms with Crippen molar-refractivity contribution in [3.05, 3.63) is 40.1 Å². The molecular weight excluding hydrogens is 438 g/mol. The van der Waals surface area contributed by atoms with Gasteiger partial charge < -0.3 is 19.4 Å². The summed E-state index contributed by atoms with van der Waals surface area (Å²) in [7, 11) is -0.677. The van der Waals surface area contributed by atoms with Crippen molar-refractivity contribution in [1.29, 1.82) is 0 Å². The Morgan fingerprint density at radius 2 is 1.85 bits per heavy atom. The van der Waals surface area contributed by atoms with Crippen molar-refractivity contribution in [2.24, 2.45) is 7.05 Å². The molecule has 146 valence electrons. The first kappa shape index (κ1) is 19.7. The van der Waals surface area contributed by atoms with E-state index in [0.717, 1.165) is 10.0 Å². The highest BCUT2D eigenvalue weighted by Crippen LogP contribution is 2.37. The largest absolute Gasteiger partial charge is 0.486 e. The van der Waals surface area contributed by atoms with Crippen molar-refractivity contribution in [2.45, 2.75) is 17.9 Å². The van der Waals surface area contributed by atoms with Crippen LogP contribution in [0.25, 0.3) is 0 Å². The van der Waals surface area contributed by atoms with E-state index in [1.807, 2.05) is 19.1 Å². The van der Waals surface area contributed by atoms with E-state index in [0.29, 0.717) is 24.7 Å². The number of fused-ring (bicyclic) bond motifs is 1. The molecule has 0 aliphatic carbocycles. The number of aromatic nitrogens is 1. The van der Waals surface area contributed by atoms with Gasteiger partial charge >= 0.3 is 0 Å². The minimum Gasteiger partial charge on any atom is -0.486 e. The van der Waals surface area contributed by atoms with E-state index >= 15 is 0 Å².